The van der Waals surface area contributed by atoms with Crippen LogP contribution in [0.15, 0.2) is 54.1 Å². The van der Waals surface area contributed by atoms with Crippen LogP contribution in [-0.2, 0) is 10.4 Å². The lowest BCUT2D eigenvalue weighted by atomic mass is 10.0. The van der Waals surface area contributed by atoms with Crippen LogP contribution in [0.4, 0.5) is 0 Å². The zero-order chi connectivity index (χ0) is 17.4. The molecule has 0 amide bonds. The van der Waals surface area contributed by atoms with Gasteiger partial charge in [-0.25, -0.2) is 0 Å². The van der Waals surface area contributed by atoms with Crippen LogP contribution in [0, 0.1) is 0 Å². The normalized spacial score (nSPS) is 20.8. The maximum atomic E-state index is 6.39. The van der Waals surface area contributed by atoms with Gasteiger partial charge >= 0.3 is 0 Å². The van der Waals surface area contributed by atoms with Crippen molar-refractivity contribution in [1.82, 2.24) is 10.4 Å². The van der Waals surface area contributed by atoms with E-state index in [1.165, 1.54) is 5.57 Å². The van der Waals surface area contributed by atoms with Gasteiger partial charge in [0, 0.05) is 34.7 Å². The molecule has 4 rings (SSSR count). The fourth-order valence-electron chi connectivity index (χ4n) is 3.23. The van der Waals surface area contributed by atoms with Crippen LogP contribution in [-0.4, -0.2) is 32.1 Å². The van der Waals surface area contributed by atoms with Crippen molar-refractivity contribution in [2.75, 3.05) is 27.2 Å². The Labute approximate surface area is 153 Å². The van der Waals surface area contributed by atoms with Crippen LogP contribution in [0.2, 0.25) is 5.02 Å². The van der Waals surface area contributed by atoms with Gasteiger partial charge in [0.15, 0.2) is 5.60 Å². The van der Waals surface area contributed by atoms with E-state index in [-0.39, 0.29) is 0 Å². The third kappa shape index (κ3) is 3.01. The SMILES string of the molecule is CN(C)CCONC1=C2CC2(c2ccc(Cl)cc2)Oc2ccccc21. The van der Waals surface area contributed by atoms with Crippen LogP contribution < -0.4 is 10.2 Å². The first kappa shape index (κ1) is 16.5. The lowest BCUT2D eigenvalue weighted by Crippen LogP contribution is -2.26. The van der Waals surface area contributed by atoms with Gasteiger partial charge in [-0.15, -0.1) is 0 Å². The van der Waals surface area contributed by atoms with E-state index in [2.05, 4.69) is 16.4 Å². The van der Waals surface area contributed by atoms with Gasteiger partial charge in [-0.2, -0.15) is 0 Å². The van der Waals surface area contributed by atoms with E-state index in [1.807, 2.05) is 56.6 Å². The highest BCUT2D eigenvalue weighted by atomic mass is 35.5. The standard InChI is InChI=1S/C20H21ClN2O2/c1-23(2)11-12-24-22-19-16-5-3-4-6-18(16)25-20(13-17(19)20)14-7-9-15(21)10-8-14/h3-10,22H,11-13H2,1-2H3. The van der Waals surface area contributed by atoms with Crippen LogP contribution in [0.5, 0.6) is 5.75 Å². The summed E-state index contributed by atoms with van der Waals surface area (Å²) < 4.78 is 6.39. The summed E-state index contributed by atoms with van der Waals surface area (Å²) in [6, 6.07) is 16.0. The number of hydrogen-bond donors (Lipinski definition) is 1. The summed E-state index contributed by atoms with van der Waals surface area (Å²) in [5, 5.41) is 0.730. The number of hydrogen-bond acceptors (Lipinski definition) is 4. The van der Waals surface area contributed by atoms with Gasteiger partial charge in [0.2, 0.25) is 0 Å². The zero-order valence-electron chi connectivity index (χ0n) is 14.4. The van der Waals surface area contributed by atoms with Crippen molar-refractivity contribution in [2.45, 2.75) is 12.0 Å². The van der Waals surface area contributed by atoms with Crippen molar-refractivity contribution in [3.8, 4) is 5.75 Å². The van der Waals surface area contributed by atoms with E-state index in [9.17, 15) is 0 Å². The number of halogens is 1. The predicted octanol–water partition coefficient (Wildman–Crippen LogP) is 3.83. The Morgan fingerprint density at radius 2 is 1.92 bits per heavy atom. The predicted molar refractivity (Wildman–Crippen MR) is 99.4 cm³/mol. The molecule has 0 aromatic heterocycles. The van der Waals surface area contributed by atoms with Crippen LogP contribution in [0.3, 0.4) is 0 Å². The molecule has 130 valence electrons. The van der Waals surface area contributed by atoms with E-state index in [1.54, 1.807) is 0 Å². The second-order valence-corrected chi connectivity index (χ2v) is 7.15. The minimum atomic E-state index is -0.397. The van der Waals surface area contributed by atoms with E-state index < -0.39 is 5.60 Å². The van der Waals surface area contributed by atoms with Gasteiger partial charge in [-0.1, -0.05) is 35.9 Å². The number of nitrogens with zero attached hydrogens (tertiary/aromatic N) is 1. The van der Waals surface area contributed by atoms with Crippen molar-refractivity contribution >= 4 is 17.3 Å². The highest BCUT2D eigenvalue weighted by Gasteiger charge is 2.58. The number of ether oxygens (including phenoxy) is 1. The molecule has 4 nitrogen and oxygen atoms in total. The zero-order valence-corrected chi connectivity index (χ0v) is 15.1. The molecule has 2 aromatic rings. The Balaban J connectivity index is 1.64. The first-order valence-corrected chi connectivity index (χ1v) is 8.78. The van der Waals surface area contributed by atoms with Gasteiger partial charge in [-0.05, 0) is 38.4 Å². The highest BCUT2D eigenvalue weighted by Crippen LogP contribution is 2.61. The molecular weight excluding hydrogens is 336 g/mol. The van der Waals surface area contributed by atoms with E-state index in [0.717, 1.165) is 40.6 Å². The summed E-state index contributed by atoms with van der Waals surface area (Å²) in [5.74, 6) is 0.873. The molecule has 1 heterocycles. The average molecular weight is 357 g/mol. The smallest absolute Gasteiger partial charge is 0.162 e. The lowest BCUT2D eigenvalue weighted by molar-refractivity contribution is 0.0651. The number of nitrogens with one attached hydrogen (secondary N) is 1. The fraction of sp³-hybridized carbons (Fsp3) is 0.300. The van der Waals surface area contributed by atoms with E-state index >= 15 is 0 Å². The van der Waals surface area contributed by atoms with Crippen molar-refractivity contribution in [2.24, 2.45) is 0 Å². The van der Waals surface area contributed by atoms with Crippen molar-refractivity contribution in [3.63, 3.8) is 0 Å². The molecule has 1 N–H and O–H groups in total. The van der Waals surface area contributed by atoms with Crippen LogP contribution in [0.25, 0.3) is 5.70 Å². The molecule has 1 saturated carbocycles. The first-order valence-electron chi connectivity index (χ1n) is 8.41. The quantitative estimate of drug-likeness (QED) is 0.630. The molecule has 1 aliphatic carbocycles. The maximum Gasteiger partial charge on any atom is 0.162 e. The highest BCUT2D eigenvalue weighted by molar-refractivity contribution is 6.30. The minimum Gasteiger partial charge on any atom is -0.477 e. The Bertz CT molecular complexity index is 817. The monoisotopic (exact) mass is 356 g/mol. The Morgan fingerprint density at radius 1 is 1.16 bits per heavy atom. The number of rotatable bonds is 6. The molecule has 0 spiro atoms. The third-order valence-electron chi connectivity index (χ3n) is 4.66. The van der Waals surface area contributed by atoms with Gasteiger partial charge in [0.25, 0.3) is 0 Å². The Kier molecular flexibility index (Phi) is 4.20. The number of fused-ring (bicyclic) bond motifs is 2. The Hall–Kier alpha value is -2.01. The van der Waals surface area contributed by atoms with Crippen molar-refractivity contribution < 1.29 is 9.57 Å². The largest absolute Gasteiger partial charge is 0.477 e. The topological polar surface area (TPSA) is 33.7 Å². The Morgan fingerprint density at radius 3 is 2.68 bits per heavy atom. The van der Waals surface area contributed by atoms with Crippen LogP contribution in [0.1, 0.15) is 17.5 Å². The fourth-order valence-corrected chi connectivity index (χ4v) is 3.35. The number of hydroxylamine groups is 1. The van der Waals surface area contributed by atoms with E-state index in [4.69, 9.17) is 21.2 Å². The molecule has 0 saturated heterocycles. The molecule has 1 fully saturated rings. The molecule has 1 atom stereocenters. The average Bonchev–Trinajstić information content (AvgIpc) is 3.33. The molecule has 0 bridgehead atoms. The van der Waals surface area contributed by atoms with Gasteiger partial charge in [-0.3, -0.25) is 10.3 Å². The van der Waals surface area contributed by atoms with Crippen LogP contribution >= 0.6 is 11.6 Å². The summed E-state index contributed by atoms with van der Waals surface area (Å²) >= 11 is 6.04. The second-order valence-electron chi connectivity index (χ2n) is 6.72. The lowest BCUT2D eigenvalue weighted by Gasteiger charge is -2.26. The minimum absolute atomic E-state index is 0.397. The van der Waals surface area contributed by atoms with E-state index in [0.29, 0.717) is 6.61 Å². The van der Waals surface area contributed by atoms with Gasteiger partial charge < -0.3 is 9.64 Å². The number of benzene rings is 2. The molecule has 0 radical (unpaired) electrons. The summed E-state index contributed by atoms with van der Waals surface area (Å²) in [6.07, 6.45) is 0.850. The number of likely N-dealkylation sites (N-methyl/N-ethyl adjacent to an activating group) is 1. The molecule has 1 unspecified atom stereocenters. The number of para-hydroxylation sites is 1. The van der Waals surface area contributed by atoms with Gasteiger partial charge in [0.05, 0.1) is 12.3 Å². The molecule has 1 aliphatic heterocycles. The maximum absolute atomic E-state index is 6.39. The summed E-state index contributed by atoms with van der Waals surface area (Å²) in [6.45, 7) is 1.47. The summed E-state index contributed by atoms with van der Waals surface area (Å²) in [7, 11) is 4.06. The van der Waals surface area contributed by atoms with Gasteiger partial charge in [0.1, 0.15) is 5.75 Å². The third-order valence-corrected chi connectivity index (χ3v) is 4.91. The molecule has 5 heteroatoms. The summed E-state index contributed by atoms with van der Waals surface area (Å²) in [4.78, 5) is 7.80. The molecule has 2 aliphatic rings. The molecule has 25 heavy (non-hydrogen) atoms. The molecular formula is C20H21ClN2O2. The molecule has 2 aromatic carbocycles. The van der Waals surface area contributed by atoms with Crippen molar-refractivity contribution in [3.05, 3.63) is 70.3 Å². The first-order chi connectivity index (χ1) is 12.1. The summed E-state index contributed by atoms with van der Waals surface area (Å²) in [5.41, 5.74) is 7.19. The second kappa shape index (κ2) is 6.37. The van der Waals surface area contributed by atoms with Crippen molar-refractivity contribution in [1.29, 1.82) is 0 Å².